The molecule has 0 rings (SSSR count). The predicted octanol–water partition coefficient (Wildman–Crippen LogP) is 4.11. The highest BCUT2D eigenvalue weighted by atomic mass is 28.4. The molecular weight excluding hydrogens is 326 g/mol. The zero-order valence-corrected chi connectivity index (χ0v) is 17.7. The summed E-state index contributed by atoms with van der Waals surface area (Å²) >= 11 is 0. The van der Waals surface area contributed by atoms with E-state index in [0.29, 0.717) is 13.0 Å². The minimum absolute atomic E-state index is 0.0152. The molecule has 0 saturated carbocycles. The van der Waals surface area contributed by atoms with Crippen LogP contribution in [0.1, 0.15) is 54.4 Å². The molecule has 7 heteroatoms. The van der Waals surface area contributed by atoms with Crippen LogP contribution in [0.4, 0.5) is 4.79 Å². The Morgan fingerprint density at radius 3 is 2.00 bits per heavy atom. The fraction of sp³-hybridized carbons (Fsp3) is 0.882. The molecule has 0 aromatic carbocycles. The summed E-state index contributed by atoms with van der Waals surface area (Å²) in [6.07, 6.45) is -0.144. The Morgan fingerprint density at radius 1 is 1.12 bits per heavy atom. The number of hydrogen-bond donors (Lipinski definition) is 1. The first-order chi connectivity index (χ1) is 10.6. The van der Waals surface area contributed by atoms with Crippen LogP contribution < -0.4 is 0 Å². The van der Waals surface area contributed by atoms with Crippen LogP contribution in [0, 0.1) is 0 Å². The second kappa shape index (κ2) is 8.34. The van der Waals surface area contributed by atoms with Crippen molar-refractivity contribution < 1.29 is 23.9 Å². The molecule has 0 heterocycles. The Labute approximate surface area is 147 Å². The largest absolute Gasteiger partial charge is 0.481 e. The molecule has 1 amide bonds. The summed E-state index contributed by atoms with van der Waals surface area (Å²) < 4.78 is 11.6. The van der Waals surface area contributed by atoms with Gasteiger partial charge >= 0.3 is 12.1 Å². The van der Waals surface area contributed by atoms with Gasteiger partial charge in [0.15, 0.2) is 8.32 Å². The first-order valence-electron chi connectivity index (χ1n) is 8.38. The minimum atomic E-state index is -1.98. The number of hydrogen-bond acceptors (Lipinski definition) is 4. The lowest BCUT2D eigenvalue weighted by Gasteiger charge is -2.38. The number of carbonyl (C=O) groups excluding carboxylic acids is 1. The number of carboxylic acids is 1. The van der Waals surface area contributed by atoms with Gasteiger partial charge < -0.3 is 19.2 Å². The van der Waals surface area contributed by atoms with Crippen molar-refractivity contribution in [3.8, 4) is 0 Å². The Bertz CT molecular complexity index is 437. The minimum Gasteiger partial charge on any atom is -0.481 e. The van der Waals surface area contributed by atoms with Crippen LogP contribution in [0.15, 0.2) is 0 Å². The maximum atomic E-state index is 12.3. The van der Waals surface area contributed by atoms with Crippen LogP contribution >= 0.6 is 0 Å². The van der Waals surface area contributed by atoms with Gasteiger partial charge in [-0.05, 0) is 45.3 Å². The van der Waals surface area contributed by atoms with Crippen molar-refractivity contribution in [2.24, 2.45) is 0 Å². The molecule has 1 unspecified atom stereocenters. The number of ether oxygens (including phenoxy) is 1. The van der Waals surface area contributed by atoms with E-state index in [1.165, 1.54) is 4.90 Å². The van der Waals surface area contributed by atoms with Crippen LogP contribution in [0.3, 0.4) is 0 Å². The van der Waals surface area contributed by atoms with Gasteiger partial charge in [-0.3, -0.25) is 4.79 Å². The smallest absolute Gasteiger partial charge is 0.410 e. The van der Waals surface area contributed by atoms with Gasteiger partial charge in [0.05, 0.1) is 12.6 Å². The van der Waals surface area contributed by atoms with E-state index in [4.69, 9.17) is 14.3 Å². The topological polar surface area (TPSA) is 76.1 Å². The molecule has 0 aliphatic carbocycles. The average Bonchev–Trinajstić information content (AvgIpc) is 2.34. The van der Waals surface area contributed by atoms with E-state index in [1.54, 1.807) is 27.8 Å². The molecule has 0 aliphatic rings. The highest BCUT2D eigenvalue weighted by Gasteiger charge is 2.38. The quantitative estimate of drug-likeness (QED) is 0.691. The van der Waals surface area contributed by atoms with Crippen molar-refractivity contribution in [1.29, 1.82) is 0 Å². The lowest BCUT2D eigenvalue weighted by atomic mass is 10.1. The van der Waals surface area contributed by atoms with E-state index < -0.39 is 26.0 Å². The predicted molar refractivity (Wildman–Crippen MR) is 97.8 cm³/mol. The molecule has 6 nitrogen and oxygen atoms in total. The molecule has 1 N–H and O–H groups in total. The normalized spacial score (nSPS) is 14.2. The first kappa shape index (κ1) is 22.9. The second-order valence-electron chi connectivity index (χ2n) is 8.75. The third-order valence-electron chi connectivity index (χ3n) is 4.36. The van der Waals surface area contributed by atoms with Gasteiger partial charge in [0.25, 0.3) is 0 Å². The number of rotatable bonds is 7. The van der Waals surface area contributed by atoms with Gasteiger partial charge in [-0.1, -0.05) is 20.8 Å². The molecule has 0 bridgehead atoms. The summed E-state index contributed by atoms with van der Waals surface area (Å²) in [5, 5.41) is 9.01. The maximum absolute atomic E-state index is 12.3. The van der Waals surface area contributed by atoms with Crippen LogP contribution in [0.25, 0.3) is 0 Å². The standard InChI is InChI=1S/C17H35NO5Si/c1-16(2,3)23-15(21)18(7)13(10-11-14(19)20)12-22-24(8,9)17(4,5)6/h13H,10-12H2,1-9H3,(H,19,20). The maximum Gasteiger partial charge on any atom is 0.410 e. The molecule has 0 aliphatic heterocycles. The van der Waals surface area contributed by atoms with Crippen LogP contribution in [0.5, 0.6) is 0 Å². The van der Waals surface area contributed by atoms with Crippen molar-refractivity contribution >= 4 is 20.4 Å². The van der Waals surface area contributed by atoms with Gasteiger partial charge in [0.2, 0.25) is 0 Å². The first-order valence-corrected chi connectivity index (χ1v) is 11.3. The van der Waals surface area contributed by atoms with E-state index >= 15 is 0 Å². The Kier molecular flexibility index (Phi) is 7.96. The molecule has 0 radical (unpaired) electrons. The molecular formula is C17H35NO5Si. The molecule has 0 spiro atoms. The van der Waals surface area contributed by atoms with E-state index in [1.807, 2.05) is 0 Å². The lowest BCUT2D eigenvalue weighted by Crippen LogP contribution is -2.48. The summed E-state index contributed by atoms with van der Waals surface area (Å²) in [5.74, 6) is -0.884. The van der Waals surface area contributed by atoms with Crippen molar-refractivity contribution in [3.63, 3.8) is 0 Å². The van der Waals surface area contributed by atoms with Gasteiger partial charge in [0, 0.05) is 13.5 Å². The summed E-state index contributed by atoms with van der Waals surface area (Å²) in [7, 11) is -0.343. The van der Waals surface area contributed by atoms with E-state index in [2.05, 4.69) is 33.9 Å². The summed E-state index contributed by atoms with van der Waals surface area (Å²) in [6.45, 7) is 16.4. The van der Waals surface area contributed by atoms with Crippen molar-refractivity contribution in [3.05, 3.63) is 0 Å². The second-order valence-corrected chi connectivity index (χ2v) is 13.6. The molecule has 1 atom stereocenters. The monoisotopic (exact) mass is 361 g/mol. The van der Waals surface area contributed by atoms with Crippen LogP contribution in [0.2, 0.25) is 18.1 Å². The lowest BCUT2D eigenvalue weighted by molar-refractivity contribution is -0.137. The number of amides is 1. The molecule has 0 aromatic rings. The molecule has 0 saturated heterocycles. The van der Waals surface area contributed by atoms with Crippen molar-refractivity contribution in [1.82, 2.24) is 4.90 Å². The Morgan fingerprint density at radius 2 is 1.62 bits per heavy atom. The summed E-state index contributed by atoms with van der Waals surface area (Å²) in [5.41, 5.74) is -0.594. The molecule has 0 aromatic heterocycles. The van der Waals surface area contributed by atoms with Crippen LogP contribution in [-0.2, 0) is 14.0 Å². The molecule has 142 valence electrons. The molecule has 0 fully saturated rings. The zero-order valence-electron chi connectivity index (χ0n) is 16.7. The SMILES string of the molecule is CN(C(=O)OC(C)(C)C)C(CCC(=O)O)CO[Si](C)(C)C(C)(C)C. The fourth-order valence-electron chi connectivity index (χ4n) is 1.68. The third-order valence-corrected chi connectivity index (χ3v) is 8.86. The van der Waals surface area contributed by atoms with E-state index in [-0.39, 0.29) is 17.5 Å². The Balaban J connectivity index is 5.04. The number of aliphatic carboxylic acids is 1. The van der Waals surface area contributed by atoms with Gasteiger partial charge in [0.1, 0.15) is 5.60 Å². The fourth-order valence-corrected chi connectivity index (χ4v) is 2.72. The highest BCUT2D eigenvalue weighted by molar-refractivity contribution is 6.74. The third kappa shape index (κ3) is 8.15. The Hall–Kier alpha value is -1.08. The van der Waals surface area contributed by atoms with Gasteiger partial charge in [-0.15, -0.1) is 0 Å². The number of nitrogens with zero attached hydrogens (tertiary/aromatic N) is 1. The van der Waals surface area contributed by atoms with Gasteiger partial charge in [-0.2, -0.15) is 0 Å². The van der Waals surface area contributed by atoms with Crippen LogP contribution in [-0.4, -0.2) is 55.7 Å². The van der Waals surface area contributed by atoms with E-state index in [0.717, 1.165) is 0 Å². The summed E-state index contributed by atoms with van der Waals surface area (Å²) in [6, 6.07) is -0.329. The highest BCUT2D eigenvalue weighted by Crippen LogP contribution is 2.36. The van der Waals surface area contributed by atoms with Crippen molar-refractivity contribution in [2.75, 3.05) is 13.7 Å². The van der Waals surface area contributed by atoms with E-state index in [9.17, 15) is 9.59 Å². The summed E-state index contributed by atoms with van der Waals surface area (Å²) in [4.78, 5) is 24.7. The number of likely N-dealkylation sites (N-methyl/N-ethyl adjacent to an activating group) is 1. The molecule has 24 heavy (non-hydrogen) atoms. The van der Waals surface area contributed by atoms with Crippen molar-refractivity contribution in [2.45, 2.75) is 84.2 Å². The number of carboxylic acid groups (broad SMARTS) is 1. The zero-order chi connectivity index (χ0) is 19.3. The number of carbonyl (C=O) groups is 2. The average molecular weight is 362 g/mol. The van der Waals surface area contributed by atoms with Gasteiger partial charge in [-0.25, -0.2) is 4.79 Å².